The van der Waals surface area contributed by atoms with Crippen LogP contribution in [-0.4, -0.2) is 16.4 Å². The van der Waals surface area contributed by atoms with Crippen LogP contribution >= 0.6 is 23.8 Å². The van der Waals surface area contributed by atoms with Gasteiger partial charge in [-0.05, 0) is 12.2 Å². The van der Waals surface area contributed by atoms with Crippen molar-refractivity contribution in [1.29, 1.82) is 0 Å². The fraction of sp³-hybridized carbons (Fsp3) is 0. The number of nitrogens with zero attached hydrogens (tertiary/aromatic N) is 2. The van der Waals surface area contributed by atoms with E-state index in [-0.39, 0.29) is 0 Å². The maximum Gasteiger partial charge on any atom is 0.209 e. The number of aliphatic imine (C=N–C) groups is 2. The number of rotatable bonds is 0. The summed E-state index contributed by atoms with van der Waals surface area (Å²) in [4.78, 5) is 7.34. The first-order chi connectivity index (χ1) is 3.83. The van der Waals surface area contributed by atoms with Gasteiger partial charge in [0.2, 0.25) is 5.82 Å². The van der Waals surface area contributed by atoms with E-state index in [9.17, 15) is 0 Å². The van der Waals surface area contributed by atoms with E-state index in [2.05, 4.69) is 27.2 Å². The second kappa shape index (κ2) is 2.18. The Morgan fingerprint density at radius 1 is 1.75 bits per heavy atom. The predicted molar refractivity (Wildman–Crippen MR) is 37.9 cm³/mol. The highest BCUT2D eigenvalue weighted by Gasteiger charge is 1.98. The van der Waals surface area contributed by atoms with E-state index >= 15 is 0 Å². The summed E-state index contributed by atoms with van der Waals surface area (Å²) in [6.45, 7) is 0. The molecule has 1 heterocycles. The normalized spacial score (nSPS) is 16.1. The molecular formula is C4HClN2S. The first-order valence-electron chi connectivity index (χ1n) is 1.86. The van der Waals surface area contributed by atoms with Crippen molar-refractivity contribution in [2.75, 3.05) is 0 Å². The zero-order valence-electron chi connectivity index (χ0n) is 3.76. The Hall–Kier alpha value is -0.500. The van der Waals surface area contributed by atoms with Gasteiger partial charge in [0.25, 0.3) is 0 Å². The van der Waals surface area contributed by atoms with Crippen LogP contribution in [0.1, 0.15) is 0 Å². The molecule has 0 saturated heterocycles. The second-order valence-corrected chi connectivity index (χ2v) is 1.71. The second-order valence-electron chi connectivity index (χ2n) is 1.12. The van der Waals surface area contributed by atoms with E-state index < -0.39 is 0 Å². The lowest BCUT2D eigenvalue weighted by Gasteiger charge is -1.71. The molecule has 2 nitrogen and oxygen atoms in total. The molecule has 0 bridgehead atoms. The van der Waals surface area contributed by atoms with Crippen LogP contribution in [0.5, 0.6) is 0 Å². The minimum atomic E-state index is 0.359. The van der Waals surface area contributed by atoms with E-state index in [1.54, 1.807) is 0 Å². The highest BCUT2D eigenvalue weighted by Crippen LogP contribution is 2.02. The molecule has 0 radical (unpaired) electrons. The quantitative estimate of drug-likeness (QED) is 0.468. The molecule has 0 fully saturated rings. The van der Waals surface area contributed by atoms with E-state index in [0.29, 0.717) is 11.0 Å². The fourth-order valence-electron chi connectivity index (χ4n) is 0.322. The van der Waals surface area contributed by atoms with Crippen molar-refractivity contribution in [3.05, 3.63) is 5.82 Å². The van der Waals surface area contributed by atoms with Crippen LogP contribution in [0.15, 0.2) is 15.8 Å². The Kier molecular flexibility index (Phi) is 1.53. The van der Waals surface area contributed by atoms with Crippen LogP contribution < -0.4 is 0 Å². The number of hydrogen-bond donors (Lipinski definition) is 0. The van der Waals surface area contributed by atoms with Crippen molar-refractivity contribution < 1.29 is 0 Å². The first-order valence-corrected chi connectivity index (χ1v) is 2.65. The van der Waals surface area contributed by atoms with Gasteiger partial charge in [-0.2, -0.15) is 0 Å². The molecule has 0 N–H and O–H groups in total. The van der Waals surface area contributed by atoms with E-state index in [4.69, 9.17) is 11.6 Å². The molecule has 0 amide bonds. The van der Waals surface area contributed by atoms with Crippen molar-refractivity contribution in [2.45, 2.75) is 0 Å². The van der Waals surface area contributed by atoms with Gasteiger partial charge in [-0.1, -0.05) is 11.6 Å². The number of thiocarbonyl (C=S) groups is 1. The molecule has 0 spiro atoms. The van der Waals surface area contributed by atoms with Gasteiger partial charge in [-0.3, -0.25) is 0 Å². The lowest BCUT2D eigenvalue weighted by atomic mass is 10.8. The molecule has 0 aromatic carbocycles. The van der Waals surface area contributed by atoms with Crippen LogP contribution in [0.25, 0.3) is 0 Å². The van der Waals surface area contributed by atoms with E-state index in [0.717, 1.165) is 0 Å². The molecule has 0 aromatic rings. The Balaban J connectivity index is 3.01. The zero-order chi connectivity index (χ0) is 5.98. The highest BCUT2D eigenvalue weighted by atomic mass is 35.5. The van der Waals surface area contributed by atoms with Crippen molar-refractivity contribution in [3.63, 3.8) is 0 Å². The summed E-state index contributed by atoms with van der Waals surface area (Å²) in [6.07, 6.45) is 1.43. The summed E-state index contributed by atoms with van der Waals surface area (Å²) in [5.74, 6) is 0.380. The molecule has 1 aliphatic rings. The molecule has 1 rings (SSSR count). The van der Waals surface area contributed by atoms with Crippen LogP contribution in [0.2, 0.25) is 0 Å². The average molecular weight is 145 g/mol. The molecule has 0 unspecified atom stereocenters. The number of hydrogen-bond acceptors (Lipinski definition) is 3. The van der Waals surface area contributed by atoms with Gasteiger partial charge in [0.15, 0.2) is 5.17 Å². The Morgan fingerprint density at radius 3 is 2.75 bits per heavy atom. The predicted octanol–water partition coefficient (Wildman–Crippen LogP) is 1.15. The molecule has 0 aliphatic carbocycles. The Bertz CT molecular complexity index is 212. The van der Waals surface area contributed by atoms with Gasteiger partial charge in [0.1, 0.15) is 0 Å². The molecule has 40 valence electrons. The molecule has 4 heteroatoms. The highest BCUT2D eigenvalue weighted by molar-refractivity contribution is 7.78. The molecular weight excluding hydrogens is 144 g/mol. The monoisotopic (exact) mass is 144 g/mol. The van der Waals surface area contributed by atoms with Crippen LogP contribution in [0.4, 0.5) is 0 Å². The van der Waals surface area contributed by atoms with Crippen molar-refractivity contribution in [3.8, 4) is 0 Å². The summed E-state index contributed by atoms with van der Waals surface area (Å²) in [6, 6.07) is 0. The van der Waals surface area contributed by atoms with Gasteiger partial charge in [0, 0.05) is 5.02 Å². The largest absolute Gasteiger partial charge is 0.226 e. The van der Waals surface area contributed by atoms with Gasteiger partial charge in [-0.25, -0.2) is 9.98 Å². The van der Waals surface area contributed by atoms with Crippen LogP contribution in [-0.2, 0) is 0 Å². The lowest BCUT2D eigenvalue weighted by Crippen LogP contribution is -1.77. The Labute approximate surface area is 56.6 Å². The van der Waals surface area contributed by atoms with Gasteiger partial charge in [0.05, 0.1) is 6.21 Å². The minimum Gasteiger partial charge on any atom is -0.226 e. The molecule has 1 aliphatic heterocycles. The third kappa shape index (κ3) is 1.01. The summed E-state index contributed by atoms with van der Waals surface area (Å²) >= 11 is 9.78. The van der Waals surface area contributed by atoms with E-state index in [1.165, 1.54) is 6.21 Å². The third-order valence-corrected chi connectivity index (χ3v) is 0.962. The summed E-state index contributed by atoms with van der Waals surface area (Å²) in [5.41, 5.74) is 0. The lowest BCUT2D eigenvalue weighted by molar-refractivity contribution is 1.34. The summed E-state index contributed by atoms with van der Waals surface area (Å²) < 4.78 is 0. The summed E-state index contributed by atoms with van der Waals surface area (Å²) in [7, 11) is 0. The van der Waals surface area contributed by atoms with Crippen molar-refractivity contribution in [1.82, 2.24) is 0 Å². The van der Waals surface area contributed by atoms with Crippen LogP contribution in [0, 0.1) is 0 Å². The zero-order valence-corrected chi connectivity index (χ0v) is 5.33. The van der Waals surface area contributed by atoms with Crippen LogP contribution in [0.3, 0.4) is 0 Å². The maximum absolute atomic E-state index is 5.38. The third-order valence-electron chi connectivity index (χ3n) is 0.597. The van der Waals surface area contributed by atoms with Crippen molar-refractivity contribution >= 4 is 40.2 Å². The first kappa shape index (κ1) is 5.63. The fourth-order valence-corrected chi connectivity index (χ4v) is 0.550. The summed E-state index contributed by atoms with van der Waals surface area (Å²) in [5, 5.41) is 2.68. The molecule has 0 aromatic heterocycles. The minimum absolute atomic E-state index is 0.359. The van der Waals surface area contributed by atoms with Crippen molar-refractivity contribution in [2.24, 2.45) is 9.98 Å². The smallest absolute Gasteiger partial charge is 0.209 e. The molecule has 8 heavy (non-hydrogen) atoms. The Morgan fingerprint density at radius 2 is 2.50 bits per heavy atom. The molecule has 0 saturated carbocycles. The maximum atomic E-state index is 5.38. The van der Waals surface area contributed by atoms with Gasteiger partial charge >= 0.3 is 0 Å². The molecule has 0 atom stereocenters. The SMILES string of the molecule is S=C=C1N=CC(Cl)=N1. The van der Waals surface area contributed by atoms with E-state index in [1.807, 2.05) is 0 Å². The van der Waals surface area contributed by atoms with Gasteiger partial charge < -0.3 is 0 Å². The topological polar surface area (TPSA) is 24.7 Å². The number of halogens is 1. The standard InChI is InChI=1S/C4HClN2S/c5-3-1-6-4(2-8)7-3/h1H. The van der Waals surface area contributed by atoms with Gasteiger partial charge in [-0.15, -0.1) is 0 Å². The average Bonchev–Trinajstić information content (AvgIpc) is 2.14.